The molecular formula is C17H20N4O3. The number of hydrogen-bond acceptors (Lipinski definition) is 4. The first-order valence-corrected chi connectivity index (χ1v) is 8.10. The van der Waals surface area contributed by atoms with Crippen LogP contribution in [0.3, 0.4) is 0 Å². The van der Waals surface area contributed by atoms with Crippen molar-refractivity contribution in [3.63, 3.8) is 0 Å². The number of fused-ring (bicyclic) bond motifs is 1. The molecule has 0 aliphatic heterocycles. The zero-order chi connectivity index (χ0) is 17.1. The summed E-state index contributed by atoms with van der Waals surface area (Å²) in [5, 5.41) is 0. The zero-order valence-corrected chi connectivity index (χ0v) is 13.8. The molecule has 0 spiro atoms. The minimum absolute atomic E-state index is 0.302. The van der Waals surface area contributed by atoms with Gasteiger partial charge in [0, 0.05) is 13.1 Å². The highest BCUT2D eigenvalue weighted by molar-refractivity contribution is 5.74. The van der Waals surface area contributed by atoms with Crippen molar-refractivity contribution in [3.8, 4) is 0 Å². The third kappa shape index (κ3) is 2.84. The lowest BCUT2D eigenvalue weighted by molar-refractivity contribution is 0.555. The van der Waals surface area contributed by atoms with Gasteiger partial charge in [0.15, 0.2) is 5.65 Å². The van der Waals surface area contributed by atoms with Crippen molar-refractivity contribution in [1.82, 2.24) is 19.1 Å². The third-order valence-corrected chi connectivity index (χ3v) is 3.72. The standard InChI is InChI=1S/C17H20N4O3/c1-3-9-20-15-14(16(22)21(10-4-2)17(20)23)18-13(19-15)8-7-12-6-5-11-24-12/h5-8,11H,3-4,9-10H2,1-2H3,(H,18,19)/b8-7+. The fourth-order valence-electron chi connectivity index (χ4n) is 2.66. The molecule has 3 heterocycles. The van der Waals surface area contributed by atoms with Gasteiger partial charge in [-0.15, -0.1) is 0 Å². The van der Waals surface area contributed by atoms with Crippen LogP contribution in [0, 0.1) is 0 Å². The Morgan fingerprint density at radius 3 is 2.58 bits per heavy atom. The van der Waals surface area contributed by atoms with Crippen LogP contribution in [0.5, 0.6) is 0 Å². The summed E-state index contributed by atoms with van der Waals surface area (Å²) in [6, 6.07) is 3.61. The highest BCUT2D eigenvalue weighted by Gasteiger charge is 2.15. The number of aromatic nitrogens is 4. The summed E-state index contributed by atoms with van der Waals surface area (Å²) in [6.45, 7) is 4.84. The zero-order valence-electron chi connectivity index (χ0n) is 13.8. The number of imidazole rings is 1. The number of aromatic amines is 1. The van der Waals surface area contributed by atoms with Gasteiger partial charge in [-0.3, -0.25) is 13.9 Å². The quantitative estimate of drug-likeness (QED) is 0.753. The number of H-pyrrole nitrogens is 1. The fraction of sp³-hybridized carbons (Fsp3) is 0.353. The van der Waals surface area contributed by atoms with E-state index in [4.69, 9.17) is 4.42 Å². The number of nitrogens with zero attached hydrogens (tertiary/aromatic N) is 3. The molecule has 7 nitrogen and oxygen atoms in total. The van der Waals surface area contributed by atoms with Crippen molar-refractivity contribution in [2.24, 2.45) is 0 Å². The van der Waals surface area contributed by atoms with Crippen LogP contribution in [-0.4, -0.2) is 19.1 Å². The van der Waals surface area contributed by atoms with Gasteiger partial charge < -0.3 is 9.40 Å². The second-order valence-electron chi connectivity index (χ2n) is 5.56. The predicted octanol–water partition coefficient (Wildman–Crippen LogP) is 2.47. The number of furan rings is 1. The molecule has 3 aromatic rings. The topological polar surface area (TPSA) is 85.8 Å². The van der Waals surface area contributed by atoms with Gasteiger partial charge in [-0.2, -0.15) is 0 Å². The molecule has 24 heavy (non-hydrogen) atoms. The normalized spacial score (nSPS) is 11.8. The summed E-state index contributed by atoms with van der Waals surface area (Å²) in [5.41, 5.74) is 0.132. The van der Waals surface area contributed by atoms with Gasteiger partial charge in [0.1, 0.15) is 17.1 Å². The highest BCUT2D eigenvalue weighted by Crippen LogP contribution is 2.10. The maximum Gasteiger partial charge on any atom is 0.332 e. The molecule has 0 saturated heterocycles. The molecule has 0 amide bonds. The van der Waals surface area contributed by atoms with Gasteiger partial charge in [-0.05, 0) is 37.1 Å². The molecule has 0 unspecified atom stereocenters. The molecule has 0 saturated carbocycles. The monoisotopic (exact) mass is 328 g/mol. The van der Waals surface area contributed by atoms with Crippen LogP contribution in [0.1, 0.15) is 38.3 Å². The van der Waals surface area contributed by atoms with Gasteiger partial charge in [-0.1, -0.05) is 13.8 Å². The Labute approximate surface area is 138 Å². The van der Waals surface area contributed by atoms with Crippen LogP contribution in [-0.2, 0) is 13.1 Å². The first-order chi connectivity index (χ1) is 11.7. The van der Waals surface area contributed by atoms with E-state index in [1.807, 2.05) is 19.9 Å². The van der Waals surface area contributed by atoms with Crippen LogP contribution >= 0.6 is 0 Å². The van der Waals surface area contributed by atoms with Gasteiger partial charge >= 0.3 is 5.69 Å². The summed E-state index contributed by atoms with van der Waals surface area (Å²) < 4.78 is 8.07. The number of hydrogen-bond donors (Lipinski definition) is 1. The lowest BCUT2D eigenvalue weighted by atomic mass is 10.4. The summed E-state index contributed by atoms with van der Waals surface area (Å²) >= 11 is 0. The van der Waals surface area contributed by atoms with Crippen molar-refractivity contribution in [2.45, 2.75) is 39.8 Å². The van der Waals surface area contributed by atoms with E-state index in [1.54, 1.807) is 29.0 Å². The fourth-order valence-corrected chi connectivity index (χ4v) is 2.66. The molecule has 0 bridgehead atoms. The molecule has 0 atom stereocenters. The average Bonchev–Trinajstić information content (AvgIpc) is 3.23. The van der Waals surface area contributed by atoms with Crippen LogP contribution in [0.2, 0.25) is 0 Å². The SMILES string of the molecule is CCCn1c(=O)c2[nH]c(/C=C/c3ccco3)nc2n(CCC)c1=O. The molecule has 1 N–H and O–H groups in total. The Morgan fingerprint density at radius 1 is 1.17 bits per heavy atom. The molecule has 0 fully saturated rings. The second kappa shape index (κ2) is 6.74. The smallest absolute Gasteiger partial charge is 0.332 e. The summed E-state index contributed by atoms with van der Waals surface area (Å²) in [6.07, 6.45) is 6.56. The summed E-state index contributed by atoms with van der Waals surface area (Å²) in [4.78, 5) is 32.6. The van der Waals surface area contributed by atoms with Crippen molar-refractivity contribution >= 4 is 23.3 Å². The predicted molar refractivity (Wildman–Crippen MR) is 92.8 cm³/mol. The molecule has 0 aliphatic rings. The molecule has 0 radical (unpaired) electrons. The van der Waals surface area contributed by atoms with E-state index in [0.717, 1.165) is 6.42 Å². The van der Waals surface area contributed by atoms with Gasteiger partial charge in [0.25, 0.3) is 5.56 Å². The Morgan fingerprint density at radius 2 is 1.92 bits per heavy atom. The second-order valence-corrected chi connectivity index (χ2v) is 5.56. The minimum atomic E-state index is -0.325. The maximum absolute atomic E-state index is 12.6. The Balaban J connectivity index is 2.16. The molecular weight excluding hydrogens is 308 g/mol. The molecule has 3 aromatic heterocycles. The van der Waals surface area contributed by atoms with Crippen molar-refractivity contribution in [3.05, 3.63) is 50.8 Å². The number of nitrogens with one attached hydrogen (secondary N) is 1. The number of aryl methyl sites for hydroxylation is 1. The van der Waals surface area contributed by atoms with E-state index in [-0.39, 0.29) is 11.2 Å². The Hall–Kier alpha value is -2.83. The van der Waals surface area contributed by atoms with E-state index >= 15 is 0 Å². The van der Waals surface area contributed by atoms with Gasteiger partial charge in [-0.25, -0.2) is 9.78 Å². The van der Waals surface area contributed by atoms with Crippen molar-refractivity contribution in [2.75, 3.05) is 0 Å². The lowest BCUT2D eigenvalue weighted by Gasteiger charge is -2.09. The number of rotatable bonds is 6. The van der Waals surface area contributed by atoms with Crippen molar-refractivity contribution in [1.29, 1.82) is 0 Å². The highest BCUT2D eigenvalue weighted by atomic mass is 16.3. The molecule has 0 aromatic carbocycles. The molecule has 7 heteroatoms. The third-order valence-electron chi connectivity index (χ3n) is 3.72. The van der Waals surface area contributed by atoms with E-state index in [1.165, 1.54) is 4.57 Å². The van der Waals surface area contributed by atoms with E-state index < -0.39 is 0 Å². The van der Waals surface area contributed by atoms with Crippen LogP contribution in [0.4, 0.5) is 0 Å². The first-order valence-electron chi connectivity index (χ1n) is 8.10. The summed E-state index contributed by atoms with van der Waals surface area (Å²) in [7, 11) is 0. The Bertz CT molecular complexity index is 974. The van der Waals surface area contributed by atoms with E-state index in [2.05, 4.69) is 9.97 Å². The van der Waals surface area contributed by atoms with Crippen molar-refractivity contribution < 1.29 is 4.42 Å². The average molecular weight is 328 g/mol. The molecule has 0 aliphatic carbocycles. The van der Waals surface area contributed by atoms with Crippen LogP contribution in [0.15, 0.2) is 32.4 Å². The van der Waals surface area contributed by atoms with E-state index in [9.17, 15) is 9.59 Å². The molecule has 126 valence electrons. The lowest BCUT2D eigenvalue weighted by Crippen LogP contribution is -2.40. The van der Waals surface area contributed by atoms with Gasteiger partial charge in [0.2, 0.25) is 0 Å². The van der Waals surface area contributed by atoms with E-state index in [0.29, 0.717) is 42.3 Å². The van der Waals surface area contributed by atoms with Crippen LogP contribution in [0.25, 0.3) is 23.3 Å². The Kier molecular flexibility index (Phi) is 4.50. The van der Waals surface area contributed by atoms with Crippen LogP contribution < -0.4 is 11.2 Å². The largest absolute Gasteiger partial charge is 0.465 e. The molecule has 3 rings (SSSR count). The summed E-state index contributed by atoms with van der Waals surface area (Å²) in [5.74, 6) is 1.20. The first kappa shape index (κ1) is 16.0. The minimum Gasteiger partial charge on any atom is -0.465 e. The maximum atomic E-state index is 12.6. The van der Waals surface area contributed by atoms with Gasteiger partial charge in [0.05, 0.1) is 6.26 Å².